The number of hydrogen-bond acceptors (Lipinski definition) is 11. The molecule has 3 aromatic heterocycles. The molecule has 1 fully saturated rings. The van der Waals surface area contributed by atoms with Crippen molar-refractivity contribution in [3.8, 4) is 10.6 Å². The highest BCUT2D eigenvalue weighted by Crippen LogP contribution is 2.38. The van der Waals surface area contributed by atoms with Crippen LogP contribution in [0.15, 0.2) is 30.5 Å². The molecule has 0 unspecified atom stereocenters. The molecule has 5 rings (SSSR count). The molecule has 0 aliphatic heterocycles. The maximum atomic E-state index is 14.2. The Bertz CT molecular complexity index is 1450. The van der Waals surface area contributed by atoms with E-state index in [2.05, 4.69) is 25.6 Å². The lowest BCUT2D eigenvalue weighted by Gasteiger charge is -2.21. The number of pyridine rings is 1. The van der Waals surface area contributed by atoms with Gasteiger partial charge in [-0.05, 0) is 31.5 Å². The Kier molecular flexibility index (Phi) is 7.45. The zero-order valence-corrected chi connectivity index (χ0v) is 21.2. The van der Waals surface area contributed by atoms with Crippen LogP contribution in [0, 0.1) is 24.5 Å². The van der Waals surface area contributed by atoms with Crippen LogP contribution in [0.1, 0.15) is 23.4 Å². The SMILES string of the molecule is Cc1nc(NCc2c(F)cccc2F)nc(N[C@@H]2C[C@H](CO)[C@@H](O)[C@H]2O)c1-c1nc2c(CN)nccc2s1. The molecule has 0 amide bonds. The van der Waals surface area contributed by atoms with Crippen LogP contribution in [0.2, 0.25) is 0 Å². The van der Waals surface area contributed by atoms with Crippen molar-refractivity contribution in [3.63, 3.8) is 0 Å². The van der Waals surface area contributed by atoms with Crippen LogP contribution >= 0.6 is 11.3 Å². The maximum Gasteiger partial charge on any atom is 0.225 e. The quantitative estimate of drug-likeness (QED) is 0.194. The van der Waals surface area contributed by atoms with Gasteiger partial charge in [0.1, 0.15) is 34.1 Å². The lowest BCUT2D eigenvalue weighted by atomic mass is 10.1. The topological polar surface area (TPSA) is 162 Å². The number of fused-ring (bicyclic) bond motifs is 1. The van der Waals surface area contributed by atoms with Gasteiger partial charge in [-0.3, -0.25) is 4.98 Å². The number of rotatable bonds is 8. The number of aryl methyl sites for hydroxylation is 1. The first-order valence-electron chi connectivity index (χ1n) is 12.0. The van der Waals surface area contributed by atoms with E-state index in [1.54, 1.807) is 13.1 Å². The fourth-order valence-corrected chi connectivity index (χ4v) is 5.75. The molecule has 3 heterocycles. The summed E-state index contributed by atoms with van der Waals surface area (Å²) in [7, 11) is 0. The minimum Gasteiger partial charge on any atom is -0.396 e. The zero-order chi connectivity index (χ0) is 27.0. The molecule has 10 nitrogen and oxygen atoms in total. The number of nitrogens with one attached hydrogen (secondary N) is 2. The number of benzene rings is 1. The predicted octanol–water partition coefficient (Wildman–Crippen LogP) is 2.32. The molecule has 0 bridgehead atoms. The van der Waals surface area contributed by atoms with Gasteiger partial charge in [-0.25, -0.2) is 18.7 Å². The fraction of sp³-hybridized carbons (Fsp3) is 0.360. The highest BCUT2D eigenvalue weighted by molar-refractivity contribution is 7.21. The summed E-state index contributed by atoms with van der Waals surface area (Å²) in [5, 5.41) is 37.2. The monoisotopic (exact) mass is 543 g/mol. The van der Waals surface area contributed by atoms with Crippen molar-refractivity contribution in [1.82, 2.24) is 19.9 Å². The molecule has 13 heteroatoms. The number of anilines is 2. The summed E-state index contributed by atoms with van der Waals surface area (Å²) in [5.41, 5.74) is 8.07. The van der Waals surface area contributed by atoms with E-state index in [0.29, 0.717) is 39.7 Å². The van der Waals surface area contributed by atoms with Gasteiger partial charge < -0.3 is 31.7 Å². The Balaban J connectivity index is 1.55. The van der Waals surface area contributed by atoms with Crippen LogP contribution in [0.25, 0.3) is 20.8 Å². The van der Waals surface area contributed by atoms with Gasteiger partial charge in [-0.2, -0.15) is 4.98 Å². The molecule has 38 heavy (non-hydrogen) atoms. The molecule has 4 aromatic rings. The average Bonchev–Trinajstić information content (AvgIpc) is 3.44. The van der Waals surface area contributed by atoms with Crippen LogP contribution in [0.4, 0.5) is 20.5 Å². The predicted molar refractivity (Wildman–Crippen MR) is 139 cm³/mol. The normalized spacial score (nSPS) is 21.2. The maximum absolute atomic E-state index is 14.2. The van der Waals surface area contributed by atoms with Gasteiger partial charge in [0.2, 0.25) is 5.95 Å². The molecule has 1 aliphatic carbocycles. The highest BCUT2D eigenvalue weighted by atomic mass is 32.1. The van der Waals surface area contributed by atoms with Gasteiger partial charge in [-0.1, -0.05) is 6.07 Å². The minimum atomic E-state index is -1.15. The molecule has 1 aliphatic rings. The Morgan fingerprint density at radius 1 is 1.11 bits per heavy atom. The number of nitrogens with two attached hydrogens (primary N) is 1. The van der Waals surface area contributed by atoms with Crippen LogP contribution in [0.3, 0.4) is 0 Å². The van der Waals surface area contributed by atoms with E-state index in [4.69, 9.17) is 10.7 Å². The number of aromatic nitrogens is 4. The summed E-state index contributed by atoms with van der Waals surface area (Å²) in [5.74, 6) is -1.47. The fourth-order valence-electron chi connectivity index (χ4n) is 4.67. The van der Waals surface area contributed by atoms with E-state index in [1.807, 2.05) is 6.07 Å². The largest absolute Gasteiger partial charge is 0.396 e. The van der Waals surface area contributed by atoms with Crippen molar-refractivity contribution < 1.29 is 24.1 Å². The summed E-state index contributed by atoms with van der Waals surface area (Å²) in [6.07, 6.45) is -0.297. The number of thiazole rings is 1. The lowest BCUT2D eigenvalue weighted by molar-refractivity contribution is 0.00446. The van der Waals surface area contributed by atoms with Gasteiger partial charge >= 0.3 is 0 Å². The van der Waals surface area contributed by atoms with E-state index in [-0.39, 0.29) is 31.2 Å². The number of halogens is 2. The Morgan fingerprint density at radius 3 is 2.55 bits per heavy atom. The van der Waals surface area contributed by atoms with Gasteiger partial charge in [0.25, 0.3) is 0 Å². The van der Waals surface area contributed by atoms with Crippen molar-refractivity contribution in [2.75, 3.05) is 17.2 Å². The van der Waals surface area contributed by atoms with E-state index < -0.39 is 35.8 Å². The summed E-state index contributed by atoms with van der Waals surface area (Å²) in [6.45, 7) is 1.49. The summed E-state index contributed by atoms with van der Waals surface area (Å²) < 4.78 is 29.2. The molecule has 7 N–H and O–H groups in total. The third-order valence-electron chi connectivity index (χ3n) is 6.72. The second-order valence-corrected chi connectivity index (χ2v) is 10.2. The van der Waals surface area contributed by atoms with E-state index in [1.165, 1.54) is 29.5 Å². The molecule has 200 valence electrons. The second kappa shape index (κ2) is 10.8. The Hall–Kier alpha value is -3.36. The average molecular weight is 544 g/mol. The summed E-state index contributed by atoms with van der Waals surface area (Å²) in [4.78, 5) is 18.1. The molecule has 4 atom stereocenters. The molecule has 1 aromatic carbocycles. The molecule has 0 saturated heterocycles. The van der Waals surface area contributed by atoms with E-state index >= 15 is 0 Å². The smallest absolute Gasteiger partial charge is 0.225 e. The second-order valence-electron chi connectivity index (χ2n) is 9.15. The van der Waals surface area contributed by atoms with Gasteiger partial charge in [0.05, 0.1) is 33.8 Å². The number of nitrogens with zero attached hydrogens (tertiary/aromatic N) is 4. The van der Waals surface area contributed by atoms with Crippen molar-refractivity contribution in [2.24, 2.45) is 11.7 Å². The number of aliphatic hydroxyl groups is 3. The minimum absolute atomic E-state index is 0.105. The standard InChI is InChI=1S/C25H27F2N7O3S/c1-11-19(24-33-20-17(8-28)29-6-5-18(20)38-24)23(32-16-7-12(10-35)21(36)22(16)37)34-25(31-11)30-9-13-14(26)3-2-4-15(13)27/h2-6,12,16,21-22,35-37H,7-10,28H2,1H3,(H2,30,31,32,34)/t12-,16-,21-,22+/m1/s1. The molecule has 0 radical (unpaired) electrons. The van der Waals surface area contributed by atoms with Crippen LogP contribution in [0.5, 0.6) is 0 Å². The number of aliphatic hydroxyl groups excluding tert-OH is 3. The third-order valence-corrected chi connectivity index (χ3v) is 7.76. The Labute approximate surface area is 220 Å². The first-order valence-corrected chi connectivity index (χ1v) is 12.9. The van der Waals surface area contributed by atoms with Crippen molar-refractivity contribution in [1.29, 1.82) is 0 Å². The van der Waals surface area contributed by atoms with Gasteiger partial charge in [0.15, 0.2) is 0 Å². The molecule has 1 saturated carbocycles. The van der Waals surface area contributed by atoms with Crippen molar-refractivity contribution in [3.05, 3.63) is 59.0 Å². The highest BCUT2D eigenvalue weighted by Gasteiger charge is 2.41. The number of hydrogen-bond donors (Lipinski definition) is 6. The lowest BCUT2D eigenvalue weighted by Crippen LogP contribution is -2.35. The Morgan fingerprint density at radius 2 is 1.87 bits per heavy atom. The van der Waals surface area contributed by atoms with E-state index in [9.17, 15) is 24.1 Å². The van der Waals surface area contributed by atoms with Gasteiger partial charge in [-0.15, -0.1) is 11.3 Å². The van der Waals surface area contributed by atoms with Crippen LogP contribution < -0.4 is 16.4 Å². The van der Waals surface area contributed by atoms with Crippen molar-refractivity contribution in [2.45, 2.75) is 44.7 Å². The third kappa shape index (κ3) is 4.90. The molecule has 0 spiro atoms. The molecular formula is C25H27F2N7O3S. The first-order chi connectivity index (χ1) is 18.3. The van der Waals surface area contributed by atoms with Gasteiger partial charge in [0, 0.05) is 37.4 Å². The first kappa shape index (κ1) is 26.3. The van der Waals surface area contributed by atoms with Crippen LogP contribution in [-0.2, 0) is 13.1 Å². The van der Waals surface area contributed by atoms with E-state index in [0.717, 1.165) is 4.70 Å². The van der Waals surface area contributed by atoms with Crippen LogP contribution in [-0.4, -0.2) is 60.1 Å². The summed E-state index contributed by atoms with van der Waals surface area (Å²) in [6, 6.07) is 4.84. The zero-order valence-electron chi connectivity index (χ0n) is 20.4. The van der Waals surface area contributed by atoms with Crippen molar-refractivity contribution >= 4 is 33.3 Å². The summed E-state index contributed by atoms with van der Waals surface area (Å²) >= 11 is 1.39. The molecular weight excluding hydrogens is 516 g/mol.